The summed E-state index contributed by atoms with van der Waals surface area (Å²) in [6.45, 7) is 1.90. The van der Waals surface area contributed by atoms with Gasteiger partial charge in [0.15, 0.2) is 0 Å². The van der Waals surface area contributed by atoms with E-state index in [2.05, 4.69) is 5.32 Å². The van der Waals surface area contributed by atoms with Crippen molar-refractivity contribution in [3.05, 3.63) is 71.3 Å². The lowest BCUT2D eigenvalue weighted by Gasteiger charge is -2.14. The van der Waals surface area contributed by atoms with Crippen LogP contribution in [0.15, 0.2) is 54.6 Å². The van der Waals surface area contributed by atoms with Crippen molar-refractivity contribution >= 4 is 5.91 Å². The van der Waals surface area contributed by atoms with Gasteiger partial charge in [-0.15, -0.1) is 0 Å². The molecule has 2 nitrogen and oxygen atoms in total. The Balaban J connectivity index is 1.84. The van der Waals surface area contributed by atoms with E-state index in [1.165, 1.54) is 17.7 Å². The van der Waals surface area contributed by atoms with Gasteiger partial charge in [-0.2, -0.15) is 13.2 Å². The largest absolute Gasteiger partial charge is 0.416 e. The first-order chi connectivity index (χ1) is 11.3. The molecule has 24 heavy (non-hydrogen) atoms. The molecule has 0 saturated heterocycles. The molecule has 0 aromatic heterocycles. The third-order valence-electron chi connectivity index (χ3n) is 3.74. The summed E-state index contributed by atoms with van der Waals surface area (Å²) in [5.41, 5.74) is 0.819. The fourth-order valence-corrected chi connectivity index (χ4v) is 2.47. The zero-order valence-electron chi connectivity index (χ0n) is 13.4. The molecule has 128 valence electrons. The molecule has 0 unspecified atom stereocenters. The normalized spacial score (nSPS) is 12.7. The van der Waals surface area contributed by atoms with Crippen LogP contribution in [0, 0.1) is 0 Å². The van der Waals surface area contributed by atoms with Crippen LogP contribution in [0.2, 0.25) is 0 Å². The Hall–Kier alpha value is -2.30. The van der Waals surface area contributed by atoms with Crippen LogP contribution in [-0.4, -0.2) is 11.9 Å². The highest BCUT2D eigenvalue weighted by atomic mass is 19.4. The van der Waals surface area contributed by atoms with E-state index in [0.29, 0.717) is 5.56 Å². The van der Waals surface area contributed by atoms with Crippen molar-refractivity contribution in [3.8, 4) is 0 Å². The third-order valence-corrected chi connectivity index (χ3v) is 3.74. The molecular formula is C19H20F3NO. The Bertz CT molecular complexity index is 668. The van der Waals surface area contributed by atoms with E-state index in [4.69, 9.17) is 0 Å². The van der Waals surface area contributed by atoms with Crippen LogP contribution in [0.25, 0.3) is 0 Å². The summed E-state index contributed by atoms with van der Waals surface area (Å²) >= 11 is 0. The van der Waals surface area contributed by atoms with Crippen LogP contribution in [0.1, 0.15) is 30.0 Å². The molecule has 1 amide bonds. The highest BCUT2D eigenvalue weighted by Gasteiger charge is 2.30. The molecule has 0 aliphatic carbocycles. The minimum Gasteiger partial charge on any atom is -0.353 e. The maximum absolute atomic E-state index is 12.7. The molecular weight excluding hydrogens is 315 g/mol. The Morgan fingerprint density at radius 3 is 2.38 bits per heavy atom. The Morgan fingerprint density at radius 1 is 1.04 bits per heavy atom. The molecule has 0 aliphatic rings. The minimum atomic E-state index is -4.39. The van der Waals surface area contributed by atoms with Gasteiger partial charge < -0.3 is 5.32 Å². The molecule has 0 heterocycles. The number of alkyl halides is 3. The number of aryl methyl sites for hydroxylation is 1. The van der Waals surface area contributed by atoms with Crippen LogP contribution < -0.4 is 5.32 Å². The first kappa shape index (κ1) is 18.0. The van der Waals surface area contributed by atoms with E-state index in [1.807, 2.05) is 37.3 Å². The molecule has 2 aromatic rings. The SMILES string of the molecule is C[C@@H](CCc1ccccc1)NC(=O)Cc1cccc(C(F)(F)F)c1. The van der Waals surface area contributed by atoms with Gasteiger partial charge in [0.25, 0.3) is 0 Å². The highest BCUT2D eigenvalue weighted by molar-refractivity contribution is 5.78. The minimum absolute atomic E-state index is 0.0384. The highest BCUT2D eigenvalue weighted by Crippen LogP contribution is 2.29. The molecule has 0 bridgehead atoms. The van der Waals surface area contributed by atoms with Gasteiger partial charge in [-0.3, -0.25) is 4.79 Å². The van der Waals surface area contributed by atoms with E-state index in [0.717, 1.165) is 25.0 Å². The molecule has 0 saturated carbocycles. The van der Waals surface area contributed by atoms with E-state index >= 15 is 0 Å². The Kier molecular flexibility index (Phi) is 6.01. The van der Waals surface area contributed by atoms with Crippen LogP contribution in [0.4, 0.5) is 13.2 Å². The second-order valence-corrected chi connectivity index (χ2v) is 5.87. The number of hydrogen-bond donors (Lipinski definition) is 1. The summed E-state index contributed by atoms with van der Waals surface area (Å²) < 4.78 is 38.0. The smallest absolute Gasteiger partial charge is 0.353 e. The molecule has 0 aliphatic heterocycles. The number of carbonyl (C=O) groups excluding carboxylic acids is 1. The summed E-state index contributed by atoms with van der Waals surface area (Å²) in [7, 11) is 0. The van der Waals surface area contributed by atoms with Crippen molar-refractivity contribution in [3.63, 3.8) is 0 Å². The van der Waals surface area contributed by atoms with Gasteiger partial charge in [0.1, 0.15) is 0 Å². The van der Waals surface area contributed by atoms with Gasteiger partial charge in [0.05, 0.1) is 12.0 Å². The summed E-state index contributed by atoms with van der Waals surface area (Å²) in [6.07, 6.45) is -2.83. The number of halogens is 3. The van der Waals surface area contributed by atoms with Gasteiger partial charge in [-0.05, 0) is 37.0 Å². The van der Waals surface area contributed by atoms with Gasteiger partial charge in [-0.25, -0.2) is 0 Å². The van der Waals surface area contributed by atoms with Gasteiger partial charge >= 0.3 is 6.18 Å². The second kappa shape index (κ2) is 7.99. The van der Waals surface area contributed by atoms with Crippen LogP contribution in [-0.2, 0) is 23.8 Å². The average Bonchev–Trinajstić information content (AvgIpc) is 2.53. The number of amides is 1. The number of rotatable bonds is 6. The molecule has 2 rings (SSSR count). The van der Waals surface area contributed by atoms with Gasteiger partial charge in [-0.1, -0.05) is 48.5 Å². The molecule has 1 N–H and O–H groups in total. The molecule has 5 heteroatoms. The lowest BCUT2D eigenvalue weighted by atomic mass is 10.1. The summed E-state index contributed by atoms with van der Waals surface area (Å²) in [6, 6.07) is 14.8. The predicted molar refractivity (Wildman–Crippen MR) is 87.5 cm³/mol. The predicted octanol–water partition coefficient (Wildman–Crippen LogP) is 4.39. The van der Waals surface area contributed by atoms with E-state index in [1.54, 1.807) is 0 Å². The first-order valence-electron chi connectivity index (χ1n) is 7.84. The Morgan fingerprint density at radius 2 is 1.71 bits per heavy atom. The number of nitrogens with one attached hydrogen (secondary N) is 1. The van der Waals surface area contributed by atoms with Gasteiger partial charge in [0, 0.05) is 6.04 Å². The van der Waals surface area contributed by atoms with Crippen molar-refractivity contribution in [2.24, 2.45) is 0 Å². The third kappa shape index (κ3) is 5.72. The number of benzene rings is 2. The zero-order valence-corrected chi connectivity index (χ0v) is 13.4. The Labute approximate surface area is 139 Å². The molecule has 1 atom stereocenters. The quantitative estimate of drug-likeness (QED) is 0.834. The van der Waals surface area contributed by atoms with Crippen molar-refractivity contribution in [1.82, 2.24) is 5.32 Å². The number of carbonyl (C=O) groups is 1. The fraction of sp³-hybridized carbons (Fsp3) is 0.316. The maximum Gasteiger partial charge on any atom is 0.416 e. The lowest BCUT2D eigenvalue weighted by molar-refractivity contribution is -0.137. The molecule has 2 aromatic carbocycles. The van der Waals surface area contributed by atoms with E-state index < -0.39 is 11.7 Å². The summed E-state index contributed by atoms with van der Waals surface area (Å²) in [5.74, 6) is -0.269. The van der Waals surface area contributed by atoms with Crippen LogP contribution in [0.5, 0.6) is 0 Å². The molecule has 0 fully saturated rings. The fourth-order valence-electron chi connectivity index (χ4n) is 2.47. The van der Waals surface area contributed by atoms with Crippen molar-refractivity contribution in [2.45, 2.75) is 38.4 Å². The first-order valence-corrected chi connectivity index (χ1v) is 7.84. The molecule has 0 spiro atoms. The van der Waals surface area contributed by atoms with Gasteiger partial charge in [0.2, 0.25) is 5.91 Å². The van der Waals surface area contributed by atoms with E-state index in [-0.39, 0.29) is 18.4 Å². The lowest BCUT2D eigenvalue weighted by Crippen LogP contribution is -2.34. The second-order valence-electron chi connectivity index (χ2n) is 5.87. The number of hydrogen-bond acceptors (Lipinski definition) is 1. The monoisotopic (exact) mass is 335 g/mol. The average molecular weight is 335 g/mol. The summed E-state index contributed by atoms with van der Waals surface area (Å²) in [5, 5.41) is 2.84. The topological polar surface area (TPSA) is 29.1 Å². The summed E-state index contributed by atoms with van der Waals surface area (Å²) in [4.78, 5) is 12.0. The van der Waals surface area contributed by atoms with E-state index in [9.17, 15) is 18.0 Å². The zero-order chi connectivity index (χ0) is 17.6. The molecule has 0 radical (unpaired) electrons. The van der Waals surface area contributed by atoms with Crippen LogP contribution in [0.3, 0.4) is 0 Å². The van der Waals surface area contributed by atoms with Crippen molar-refractivity contribution in [1.29, 1.82) is 0 Å². The van der Waals surface area contributed by atoms with Crippen LogP contribution >= 0.6 is 0 Å². The maximum atomic E-state index is 12.7. The van der Waals surface area contributed by atoms with Crippen molar-refractivity contribution < 1.29 is 18.0 Å². The van der Waals surface area contributed by atoms with Crippen molar-refractivity contribution in [2.75, 3.05) is 0 Å². The standard InChI is InChI=1S/C19H20F3NO/c1-14(10-11-15-6-3-2-4-7-15)23-18(24)13-16-8-5-9-17(12-16)19(20,21)22/h2-9,12,14H,10-11,13H2,1H3,(H,23,24)/t14-/m0/s1.